The van der Waals surface area contributed by atoms with Gasteiger partial charge < -0.3 is 4.74 Å². The summed E-state index contributed by atoms with van der Waals surface area (Å²) in [5.41, 5.74) is 0.962. The highest BCUT2D eigenvalue weighted by Gasteiger charge is 2.06. The number of fused-ring (bicyclic) bond motifs is 1. The lowest BCUT2D eigenvalue weighted by atomic mass is 10.0. The molecule has 0 radical (unpaired) electrons. The summed E-state index contributed by atoms with van der Waals surface area (Å²) < 4.78 is 27.1. The van der Waals surface area contributed by atoms with E-state index in [4.69, 9.17) is 9.29 Å². The van der Waals surface area contributed by atoms with Crippen molar-refractivity contribution < 1.29 is 13.5 Å². The Morgan fingerprint density at radius 3 is 2.59 bits per heavy atom. The fourth-order valence-electron chi connectivity index (χ4n) is 1.81. The standard InChI is InChI=1S/C12H13NO3S/c1-16-12-7-6-9(8-13-17(14)15)10-4-2-3-5-11(10)12/h2-7,13H,8H2,1H3,(H,14,15). The van der Waals surface area contributed by atoms with Crippen molar-refractivity contribution in [1.29, 1.82) is 0 Å². The van der Waals surface area contributed by atoms with Gasteiger partial charge in [-0.2, -0.15) is 0 Å². The summed E-state index contributed by atoms with van der Waals surface area (Å²) in [5, 5.41) is 2.02. The van der Waals surface area contributed by atoms with Crippen molar-refractivity contribution in [3.05, 3.63) is 42.0 Å². The first-order chi connectivity index (χ1) is 8.22. The quantitative estimate of drug-likeness (QED) is 0.818. The van der Waals surface area contributed by atoms with Crippen LogP contribution < -0.4 is 9.46 Å². The fraction of sp³-hybridized carbons (Fsp3) is 0.167. The van der Waals surface area contributed by atoms with E-state index in [-0.39, 0.29) is 0 Å². The second-order valence-electron chi connectivity index (χ2n) is 3.54. The van der Waals surface area contributed by atoms with Crippen molar-refractivity contribution in [3.8, 4) is 5.75 Å². The molecule has 0 amide bonds. The largest absolute Gasteiger partial charge is 0.496 e. The molecule has 0 aliphatic carbocycles. The Morgan fingerprint density at radius 2 is 1.94 bits per heavy atom. The molecule has 2 aromatic rings. The molecule has 0 heterocycles. The zero-order valence-corrected chi connectivity index (χ0v) is 10.2. The van der Waals surface area contributed by atoms with Gasteiger partial charge in [0, 0.05) is 11.9 Å². The van der Waals surface area contributed by atoms with Gasteiger partial charge in [-0.15, -0.1) is 0 Å². The van der Waals surface area contributed by atoms with Crippen molar-refractivity contribution in [2.45, 2.75) is 6.54 Å². The van der Waals surface area contributed by atoms with Crippen LogP contribution in [0.2, 0.25) is 0 Å². The number of benzene rings is 2. The molecule has 0 saturated carbocycles. The van der Waals surface area contributed by atoms with Crippen LogP contribution in [0, 0.1) is 0 Å². The highest BCUT2D eigenvalue weighted by atomic mass is 32.2. The predicted octanol–water partition coefficient (Wildman–Crippen LogP) is 2.07. The van der Waals surface area contributed by atoms with E-state index in [1.165, 1.54) is 0 Å². The molecular formula is C12H13NO3S. The molecule has 2 aromatic carbocycles. The lowest BCUT2D eigenvalue weighted by Gasteiger charge is -2.10. The molecule has 90 valence electrons. The summed E-state index contributed by atoms with van der Waals surface area (Å²) in [4.78, 5) is 0. The zero-order valence-electron chi connectivity index (χ0n) is 9.34. The van der Waals surface area contributed by atoms with Gasteiger partial charge in [-0.3, -0.25) is 4.55 Å². The molecule has 4 nitrogen and oxygen atoms in total. The van der Waals surface area contributed by atoms with Crippen molar-refractivity contribution >= 4 is 22.0 Å². The average molecular weight is 251 g/mol. The molecule has 2 rings (SSSR count). The van der Waals surface area contributed by atoms with Gasteiger partial charge in [0.25, 0.3) is 0 Å². The molecule has 0 bridgehead atoms. The second kappa shape index (κ2) is 5.27. The third-order valence-corrected chi connectivity index (χ3v) is 2.97. The van der Waals surface area contributed by atoms with Crippen LogP contribution in [-0.2, 0) is 17.8 Å². The molecular weight excluding hydrogens is 238 g/mol. The van der Waals surface area contributed by atoms with Crippen molar-refractivity contribution in [1.82, 2.24) is 4.72 Å². The predicted molar refractivity (Wildman–Crippen MR) is 68.1 cm³/mol. The molecule has 0 saturated heterocycles. The van der Waals surface area contributed by atoms with Crippen molar-refractivity contribution in [2.75, 3.05) is 7.11 Å². The Balaban J connectivity index is 2.47. The molecule has 0 aliphatic rings. The Kier molecular flexibility index (Phi) is 3.73. The SMILES string of the molecule is COc1ccc(CNS(=O)O)c2ccccc12. The number of nitrogens with one attached hydrogen (secondary N) is 1. The van der Waals surface area contributed by atoms with Gasteiger partial charge in [0.15, 0.2) is 0 Å². The minimum atomic E-state index is -2.00. The van der Waals surface area contributed by atoms with Crippen LogP contribution in [0.15, 0.2) is 36.4 Å². The number of ether oxygens (including phenoxy) is 1. The Bertz CT molecular complexity index is 556. The van der Waals surface area contributed by atoms with Crippen LogP contribution in [-0.4, -0.2) is 15.9 Å². The monoisotopic (exact) mass is 251 g/mol. The maximum atomic E-state index is 10.6. The third-order valence-electron chi connectivity index (χ3n) is 2.58. The lowest BCUT2D eigenvalue weighted by Crippen LogP contribution is -2.15. The van der Waals surface area contributed by atoms with E-state index >= 15 is 0 Å². The van der Waals surface area contributed by atoms with Crippen LogP contribution in [0.5, 0.6) is 5.75 Å². The first-order valence-electron chi connectivity index (χ1n) is 5.11. The van der Waals surface area contributed by atoms with Gasteiger partial charge >= 0.3 is 0 Å². The number of rotatable bonds is 4. The molecule has 0 aliphatic heterocycles. The van der Waals surface area contributed by atoms with E-state index in [9.17, 15) is 4.21 Å². The number of hydrogen-bond donors (Lipinski definition) is 2. The van der Waals surface area contributed by atoms with Crippen LogP contribution in [0.3, 0.4) is 0 Å². The molecule has 0 spiro atoms. The molecule has 5 heteroatoms. The van der Waals surface area contributed by atoms with Gasteiger partial charge in [0.2, 0.25) is 11.3 Å². The summed E-state index contributed by atoms with van der Waals surface area (Å²) in [5.74, 6) is 0.800. The minimum Gasteiger partial charge on any atom is -0.496 e. The Hall–Kier alpha value is -1.43. The van der Waals surface area contributed by atoms with Crippen LogP contribution in [0.4, 0.5) is 0 Å². The van der Waals surface area contributed by atoms with Crippen molar-refractivity contribution in [2.24, 2.45) is 0 Å². The molecule has 1 unspecified atom stereocenters. The Morgan fingerprint density at radius 1 is 1.24 bits per heavy atom. The average Bonchev–Trinajstić information content (AvgIpc) is 2.35. The highest BCUT2D eigenvalue weighted by Crippen LogP contribution is 2.28. The first-order valence-corrected chi connectivity index (χ1v) is 6.22. The Labute approximate surface area is 102 Å². The van der Waals surface area contributed by atoms with Crippen LogP contribution >= 0.6 is 0 Å². The lowest BCUT2D eigenvalue weighted by molar-refractivity contribution is 0.419. The van der Waals surface area contributed by atoms with Gasteiger partial charge in [0.05, 0.1) is 7.11 Å². The third kappa shape index (κ3) is 2.63. The maximum Gasteiger partial charge on any atom is 0.232 e. The van der Waals surface area contributed by atoms with E-state index in [1.54, 1.807) is 7.11 Å². The summed E-state index contributed by atoms with van der Waals surface area (Å²) in [6, 6.07) is 11.6. The number of hydrogen-bond acceptors (Lipinski definition) is 2. The van der Waals surface area contributed by atoms with E-state index in [0.717, 1.165) is 22.1 Å². The number of methoxy groups -OCH3 is 1. The smallest absolute Gasteiger partial charge is 0.232 e. The second-order valence-corrected chi connectivity index (χ2v) is 4.33. The van der Waals surface area contributed by atoms with Gasteiger partial charge in [-0.05, 0) is 17.0 Å². The van der Waals surface area contributed by atoms with Crippen LogP contribution in [0.25, 0.3) is 10.8 Å². The van der Waals surface area contributed by atoms with Crippen molar-refractivity contribution in [3.63, 3.8) is 0 Å². The molecule has 0 aromatic heterocycles. The topological polar surface area (TPSA) is 58.6 Å². The summed E-state index contributed by atoms with van der Waals surface area (Å²) in [7, 11) is 1.63. The van der Waals surface area contributed by atoms with Crippen LogP contribution in [0.1, 0.15) is 5.56 Å². The van der Waals surface area contributed by atoms with Gasteiger partial charge in [-0.1, -0.05) is 30.3 Å². The first kappa shape index (κ1) is 12.0. The van der Waals surface area contributed by atoms with Gasteiger partial charge in [-0.25, -0.2) is 8.93 Å². The summed E-state index contributed by atoms with van der Waals surface area (Å²) in [6.45, 7) is 0.341. The maximum absolute atomic E-state index is 10.6. The summed E-state index contributed by atoms with van der Waals surface area (Å²) in [6.07, 6.45) is 0. The highest BCUT2D eigenvalue weighted by molar-refractivity contribution is 7.77. The van der Waals surface area contributed by atoms with Gasteiger partial charge in [0.1, 0.15) is 5.75 Å². The van der Waals surface area contributed by atoms with E-state index in [0.29, 0.717) is 6.54 Å². The summed E-state index contributed by atoms with van der Waals surface area (Å²) >= 11 is -2.00. The molecule has 1 atom stereocenters. The van der Waals surface area contributed by atoms with E-state index in [1.807, 2.05) is 36.4 Å². The fourth-order valence-corrected chi connectivity index (χ4v) is 2.08. The van der Waals surface area contributed by atoms with E-state index < -0.39 is 11.3 Å². The normalized spacial score (nSPS) is 12.6. The molecule has 17 heavy (non-hydrogen) atoms. The minimum absolute atomic E-state index is 0.341. The van der Waals surface area contributed by atoms with E-state index in [2.05, 4.69) is 4.72 Å². The molecule has 0 fully saturated rings. The zero-order chi connectivity index (χ0) is 12.3. The molecule has 2 N–H and O–H groups in total.